The van der Waals surface area contributed by atoms with Gasteiger partial charge in [-0.05, 0) is 76.0 Å². The van der Waals surface area contributed by atoms with E-state index in [0.29, 0.717) is 38.0 Å². The zero-order valence-corrected chi connectivity index (χ0v) is 21.2. The molecule has 4 aliphatic carbocycles. The predicted octanol–water partition coefficient (Wildman–Crippen LogP) is 3.79. The van der Waals surface area contributed by atoms with Gasteiger partial charge < -0.3 is 9.80 Å². The van der Waals surface area contributed by atoms with Crippen molar-refractivity contribution in [2.24, 2.45) is 23.2 Å². The van der Waals surface area contributed by atoms with Crippen molar-refractivity contribution in [2.75, 3.05) is 26.2 Å². The largest absolute Gasteiger partial charge is 0.339 e. The molecule has 1 aliphatic heterocycles. The molecular weight excluding hydrogens is 436 g/mol. The molecule has 0 N–H and O–H groups in total. The summed E-state index contributed by atoms with van der Waals surface area (Å²) in [6.45, 7) is 4.78. The lowest BCUT2D eigenvalue weighted by atomic mass is 9.69. The van der Waals surface area contributed by atoms with Gasteiger partial charge in [0.05, 0.1) is 10.5 Å². The van der Waals surface area contributed by atoms with Crippen LogP contribution in [0.25, 0.3) is 0 Å². The Kier molecular flexibility index (Phi) is 6.56. The second kappa shape index (κ2) is 9.16. The molecule has 2 atom stereocenters. The maximum absolute atomic E-state index is 13.2. The van der Waals surface area contributed by atoms with Gasteiger partial charge in [0, 0.05) is 37.5 Å². The molecule has 6 nitrogen and oxygen atoms in total. The van der Waals surface area contributed by atoms with Gasteiger partial charge in [-0.25, -0.2) is 8.42 Å². The number of nitrogens with zero attached hydrogens (tertiary/aromatic N) is 2. The Labute approximate surface area is 199 Å². The maximum atomic E-state index is 13.2. The van der Waals surface area contributed by atoms with E-state index in [9.17, 15) is 18.0 Å². The van der Waals surface area contributed by atoms with Gasteiger partial charge in [0.1, 0.15) is 0 Å². The van der Waals surface area contributed by atoms with Crippen molar-refractivity contribution in [3.05, 3.63) is 0 Å². The Morgan fingerprint density at radius 1 is 0.727 bits per heavy atom. The third-order valence-corrected chi connectivity index (χ3v) is 12.5. The van der Waals surface area contributed by atoms with Crippen LogP contribution in [0.1, 0.15) is 90.4 Å². The van der Waals surface area contributed by atoms with Crippen molar-refractivity contribution in [3.63, 3.8) is 0 Å². The number of carbonyl (C=O) groups excluding carboxylic acids is 2. The molecule has 0 bridgehead atoms. The molecule has 4 saturated carbocycles. The van der Waals surface area contributed by atoms with Crippen LogP contribution in [0.3, 0.4) is 0 Å². The summed E-state index contributed by atoms with van der Waals surface area (Å²) < 4.78 is 25.5. The van der Waals surface area contributed by atoms with E-state index in [0.717, 1.165) is 83.5 Å². The van der Waals surface area contributed by atoms with Crippen molar-refractivity contribution >= 4 is 21.7 Å². The van der Waals surface area contributed by atoms with E-state index in [4.69, 9.17) is 0 Å². The Hall–Kier alpha value is -1.11. The van der Waals surface area contributed by atoms with Gasteiger partial charge in [-0.3, -0.25) is 9.59 Å². The van der Waals surface area contributed by atoms with E-state index in [2.05, 4.69) is 6.92 Å². The van der Waals surface area contributed by atoms with Gasteiger partial charge in [-0.1, -0.05) is 26.2 Å². The van der Waals surface area contributed by atoms with Crippen LogP contribution in [0, 0.1) is 23.2 Å². The molecule has 1 saturated heterocycles. The Balaban J connectivity index is 1.08. The number of piperazine rings is 1. The fraction of sp³-hybridized carbons (Fsp3) is 0.923. The van der Waals surface area contributed by atoms with Crippen molar-refractivity contribution in [1.29, 1.82) is 0 Å². The smallest absolute Gasteiger partial charge is 0.228 e. The lowest BCUT2D eigenvalue weighted by molar-refractivity contribution is -0.151. The molecule has 5 aliphatic rings. The van der Waals surface area contributed by atoms with Crippen LogP contribution in [0.5, 0.6) is 0 Å². The maximum Gasteiger partial charge on any atom is 0.228 e. The minimum atomic E-state index is -2.91. The monoisotopic (exact) mass is 478 g/mol. The van der Waals surface area contributed by atoms with Crippen molar-refractivity contribution < 1.29 is 18.0 Å². The SMILES string of the molecule is CC1(C(=O)N2CCN(C(=O)C3CCC(C4CCCC(S(=O)(=O)C5CC5)C4)CC3)CC2)CCC1. The minimum Gasteiger partial charge on any atom is -0.339 e. The highest BCUT2D eigenvalue weighted by atomic mass is 32.2. The lowest BCUT2D eigenvalue weighted by Crippen LogP contribution is -2.56. The second-order valence-electron chi connectivity index (χ2n) is 12.0. The van der Waals surface area contributed by atoms with Gasteiger partial charge in [0.25, 0.3) is 0 Å². The molecule has 2 amide bonds. The second-order valence-corrected chi connectivity index (χ2v) is 14.5. The highest BCUT2D eigenvalue weighted by molar-refractivity contribution is 7.92. The summed E-state index contributed by atoms with van der Waals surface area (Å²) in [5.74, 6) is 1.80. The van der Waals surface area contributed by atoms with Crippen LogP contribution in [-0.2, 0) is 19.4 Å². The summed E-state index contributed by atoms with van der Waals surface area (Å²) in [5.41, 5.74) is -0.152. The molecule has 0 aromatic heterocycles. The number of carbonyl (C=O) groups is 2. The number of rotatable bonds is 5. The van der Waals surface area contributed by atoms with E-state index in [-0.39, 0.29) is 33.6 Å². The van der Waals surface area contributed by atoms with E-state index in [1.807, 2.05) is 9.80 Å². The minimum absolute atomic E-state index is 0.0399. The fourth-order valence-electron chi connectivity index (χ4n) is 7.10. The third kappa shape index (κ3) is 4.72. The first kappa shape index (κ1) is 23.6. The summed E-state index contributed by atoms with van der Waals surface area (Å²) in [5, 5.41) is -0.147. The van der Waals surface area contributed by atoms with Crippen LogP contribution in [0.15, 0.2) is 0 Å². The Bertz CT molecular complexity index is 848. The summed E-state index contributed by atoms with van der Waals surface area (Å²) >= 11 is 0. The highest BCUT2D eigenvalue weighted by Gasteiger charge is 2.45. The van der Waals surface area contributed by atoms with Gasteiger partial charge >= 0.3 is 0 Å². The van der Waals surface area contributed by atoms with Crippen LogP contribution in [-0.4, -0.2) is 66.7 Å². The average molecular weight is 479 g/mol. The number of hydrogen-bond acceptors (Lipinski definition) is 4. The molecule has 0 aromatic carbocycles. The van der Waals surface area contributed by atoms with Crippen molar-refractivity contribution in [2.45, 2.75) is 101 Å². The molecule has 33 heavy (non-hydrogen) atoms. The van der Waals surface area contributed by atoms with Gasteiger partial charge in [0.2, 0.25) is 11.8 Å². The molecule has 0 aromatic rings. The predicted molar refractivity (Wildman–Crippen MR) is 128 cm³/mol. The number of amides is 2. The molecule has 5 rings (SSSR count). The van der Waals surface area contributed by atoms with Gasteiger partial charge in [0.15, 0.2) is 9.84 Å². The van der Waals surface area contributed by atoms with Gasteiger partial charge in [-0.2, -0.15) is 0 Å². The molecule has 2 unspecified atom stereocenters. The summed E-state index contributed by atoms with van der Waals surface area (Å²) in [7, 11) is -2.91. The molecule has 0 spiro atoms. The first-order valence-electron chi connectivity index (χ1n) is 13.6. The first-order chi connectivity index (χ1) is 15.8. The average Bonchev–Trinajstić information content (AvgIpc) is 3.68. The molecular formula is C26H42N2O4S. The van der Waals surface area contributed by atoms with Crippen LogP contribution < -0.4 is 0 Å². The fourth-order valence-corrected chi connectivity index (χ4v) is 9.45. The first-order valence-corrected chi connectivity index (χ1v) is 15.2. The quantitative estimate of drug-likeness (QED) is 0.603. The molecule has 1 heterocycles. The summed E-state index contributed by atoms with van der Waals surface area (Å²) in [6, 6.07) is 0. The van der Waals surface area contributed by atoms with E-state index in [1.165, 1.54) is 0 Å². The van der Waals surface area contributed by atoms with Gasteiger partial charge in [-0.15, -0.1) is 0 Å². The third-order valence-electron chi connectivity index (χ3n) is 9.76. The molecule has 7 heteroatoms. The zero-order chi connectivity index (χ0) is 23.2. The summed E-state index contributed by atoms with van der Waals surface area (Å²) in [6.07, 6.45) is 12.8. The number of hydrogen-bond donors (Lipinski definition) is 0. The lowest BCUT2D eigenvalue weighted by Gasteiger charge is -2.44. The molecule has 0 radical (unpaired) electrons. The molecule has 5 fully saturated rings. The molecule has 186 valence electrons. The normalized spacial score (nSPS) is 35.1. The van der Waals surface area contributed by atoms with Crippen LogP contribution >= 0.6 is 0 Å². The van der Waals surface area contributed by atoms with E-state index >= 15 is 0 Å². The Morgan fingerprint density at radius 2 is 1.36 bits per heavy atom. The van der Waals surface area contributed by atoms with E-state index < -0.39 is 9.84 Å². The summed E-state index contributed by atoms with van der Waals surface area (Å²) in [4.78, 5) is 29.9. The zero-order valence-electron chi connectivity index (χ0n) is 20.3. The van der Waals surface area contributed by atoms with E-state index in [1.54, 1.807) is 0 Å². The standard InChI is InChI=1S/C26H42N2O4S/c1-26(12-3-13-26)25(30)28-16-14-27(15-17-28)24(29)20-8-6-19(7-9-20)21-4-2-5-23(18-21)33(31,32)22-10-11-22/h19-23H,2-18H2,1H3. The van der Waals surface area contributed by atoms with Crippen molar-refractivity contribution in [3.8, 4) is 0 Å². The van der Waals surface area contributed by atoms with Crippen LogP contribution in [0.4, 0.5) is 0 Å². The highest BCUT2D eigenvalue weighted by Crippen LogP contribution is 2.45. The van der Waals surface area contributed by atoms with Crippen molar-refractivity contribution in [1.82, 2.24) is 9.80 Å². The topological polar surface area (TPSA) is 74.8 Å². The number of sulfone groups is 1. The Morgan fingerprint density at radius 3 is 1.94 bits per heavy atom. The van der Waals surface area contributed by atoms with Crippen LogP contribution in [0.2, 0.25) is 0 Å².